The fourth-order valence-corrected chi connectivity index (χ4v) is 4.25. The molecule has 2 atom stereocenters. The molecule has 0 spiro atoms. The highest BCUT2D eigenvalue weighted by molar-refractivity contribution is 5.89. The standard InChI is InChI=1S/C27H26N2O6/c1-16(25(31)29-24(26(32)33)14-17-10-12-18(30)13-11-17)28-27(34)35-15-23-21-8-4-2-6-19(21)20-7-3-5-9-22(20)23/h2-13,16,23-24,30H,14-15H2,1H3,(H,28,34)(H,29,31)(H,32,33)/t16-,24+/m1/s1. The van der Waals surface area contributed by atoms with E-state index >= 15 is 0 Å². The number of carboxylic acid groups (broad SMARTS) is 1. The first kappa shape index (κ1) is 23.8. The smallest absolute Gasteiger partial charge is 0.407 e. The number of alkyl carbamates (subject to hydrolysis) is 1. The molecule has 0 bridgehead atoms. The number of phenolic OH excluding ortho intramolecular Hbond substituents is 1. The lowest BCUT2D eigenvalue weighted by molar-refractivity contribution is -0.142. The monoisotopic (exact) mass is 474 g/mol. The minimum atomic E-state index is -1.21. The van der Waals surface area contributed by atoms with Gasteiger partial charge in [-0.2, -0.15) is 0 Å². The van der Waals surface area contributed by atoms with Gasteiger partial charge in [0.1, 0.15) is 24.4 Å². The van der Waals surface area contributed by atoms with Crippen LogP contribution in [0.2, 0.25) is 0 Å². The molecule has 2 amide bonds. The molecule has 1 aliphatic carbocycles. The highest BCUT2D eigenvalue weighted by Gasteiger charge is 2.30. The summed E-state index contributed by atoms with van der Waals surface area (Å²) < 4.78 is 5.45. The van der Waals surface area contributed by atoms with Gasteiger partial charge < -0.3 is 25.6 Å². The van der Waals surface area contributed by atoms with E-state index in [-0.39, 0.29) is 24.7 Å². The highest BCUT2D eigenvalue weighted by atomic mass is 16.5. The van der Waals surface area contributed by atoms with Gasteiger partial charge in [0.2, 0.25) is 5.91 Å². The van der Waals surface area contributed by atoms with Gasteiger partial charge in [-0.1, -0.05) is 60.7 Å². The number of amides is 2. The summed E-state index contributed by atoms with van der Waals surface area (Å²) in [7, 11) is 0. The van der Waals surface area contributed by atoms with Gasteiger partial charge in [0, 0.05) is 12.3 Å². The van der Waals surface area contributed by atoms with Crippen molar-refractivity contribution in [3.05, 3.63) is 89.5 Å². The largest absolute Gasteiger partial charge is 0.508 e. The van der Waals surface area contributed by atoms with Crippen LogP contribution in [0.25, 0.3) is 11.1 Å². The van der Waals surface area contributed by atoms with Crippen molar-refractivity contribution in [2.45, 2.75) is 31.3 Å². The Hall–Kier alpha value is -4.33. The van der Waals surface area contributed by atoms with E-state index in [0.717, 1.165) is 22.3 Å². The average molecular weight is 475 g/mol. The Kier molecular flexibility index (Phi) is 7.01. The minimum absolute atomic E-state index is 0.0268. The normalized spacial score (nSPS) is 13.7. The Morgan fingerprint density at radius 1 is 0.886 bits per heavy atom. The summed E-state index contributed by atoms with van der Waals surface area (Å²) in [5.74, 6) is -1.91. The SMILES string of the molecule is C[C@@H](NC(=O)OCC1c2ccccc2-c2ccccc21)C(=O)N[C@@H](Cc1ccc(O)cc1)C(=O)O. The number of hydrogen-bond donors (Lipinski definition) is 4. The van der Waals surface area contributed by atoms with E-state index in [4.69, 9.17) is 4.74 Å². The summed E-state index contributed by atoms with van der Waals surface area (Å²) in [6, 6.07) is 19.8. The molecule has 0 radical (unpaired) electrons. The van der Waals surface area contributed by atoms with Gasteiger partial charge in [-0.25, -0.2) is 9.59 Å². The lowest BCUT2D eigenvalue weighted by Gasteiger charge is -2.19. The van der Waals surface area contributed by atoms with E-state index in [0.29, 0.717) is 5.56 Å². The summed E-state index contributed by atoms with van der Waals surface area (Å²) in [5, 5.41) is 23.8. The summed E-state index contributed by atoms with van der Waals surface area (Å²) in [5.41, 5.74) is 5.00. The maximum atomic E-state index is 12.5. The number of aromatic hydroxyl groups is 1. The number of carbonyl (C=O) groups is 3. The number of carbonyl (C=O) groups excluding carboxylic acids is 2. The summed E-state index contributed by atoms with van der Waals surface area (Å²) in [6.45, 7) is 1.56. The first-order valence-electron chi connectivity index (χ1n) is 11.3. The van der Waals surface area contributed by atoms with Crippen molar-refractivity contribution in [2.24, 2.45) is 0 Å². The predicted molar refractivity (Wildman–Crippen MR) is 129 cm³/mol. The highest BCUT2D eigenvalue weighted by Crippen LogP contribution is 2.44. The molecule has 0 saturated carbocycles. The quantitative estimate of drug-likeness (QED) is 0.396. The molecule has 4 N–H and O–H groups in total. The van der Waals surface area contributed by atoms with Gasteiger partial charge in [0.05, 0.1) is 0 Å². The molecule has 0 saturated heterocycles. The van der Waals surface area contributed by atoms with E-state index in [1.165, 1.54) is 19.1 Å². The second-order valence-electron chi connectivity index (χ2n) is 8.46. The van der Waals surface area contributed by atoms with Crippen LogP contribution in [0.5, 0.6) is 5.75 Å². The third-order valence-corrected chi connectivity index (χ3v) is 6.06. The topological polar surface area (TPSA) is 125 Å². The minimum Gasteiger partial charge on any atom is -0.508 e. The Balaban J connectivity index is 1.33. The Morgan fingerprint density at radius 2 is 1.46 bits per heavy atom. The number of carboxylic acids is 1. The molecule has 0 heterocycles. The van der Waals surface area contributed by atoms with Gasteiger partial charge in [0.15, 0.2) is 0 Å². The molecule has 1 aliphatic rings. The van der Waals surface area contributed by atoms with Crippen molar-refractivity contribution in [3.63, 3.8) is 0 Å². The summed E-state index contributed by atoms with van der Waals surface area (Å²) >= 11 is 0. The molecule has 4 rings (SSSR count). The third kappa shape index (κ3) is 5.43. The number of ether oxygens (including phenoxy) is 1. The van der Waals surface area contributed by atoms with Gasteiger partial charge in [-0.3, -0.25) is 4.79 Å². The van der Waals surface area contributed by atoms with Crippen molar-refractivity contribution >= 4 is 18.0 Å². The fraction of sp³-hybridized carbons (Fsp3) is 0.222. The second-order valence-corrected chi connectivity index (χ2v) is 8.46. The maximum Gasteiger partial charge on any atom is 0.407 e. The summed E-state index contributed by atoms with van der Waals surface area (Å²) in [6.07, 6.45) is -0.737. The second kappa shape index (κ2) is 10.3. The zero-order valence-corrected chi connectivity index (χ0v) is 19.1. The molecule has 3 aromatic rings. The lowest BCUT2D eigenvalue weighted by atomic mass is 9.98. The molecule has 8 nitrogen and oxygen atoms in total. The molecular weight excluding hydrogens is 448 g/mol. The molecule has 0 aromatic heterocycles. The van der Waals surface area contributed by atoms with Crippen molar-refractivity contribution in [1.82, 2.24) is 10.6 Å². The summed E-state index contributed by atoms with van der Waals surface area (Å²) in [4.78, 5) is 36.6. The van der Waals surface area contributed by atoms with E-state index in [9.17, 15) is 24.6 Å². The number of benzene rings is 3. The van der Waals surface area contributed by atoms with Crippen LogP contribution in [-0.4, -0.2) is 46.9 Å². The van der Waals surface area contributed by atoms with Crippen molar-refractivity contribution < 1.29 is 29.3 Å². The zero-order valence-electron chi connectivity index (χ0n) is 19.1. The predicted octanol–water partition coefficient (Wildman–Crippen LogP) is 3.43. The van der Waals surface area contributed by atoms with E-state index in [1.807, 2.05) is 48.5 Å². The van der Waals surface area contributed by atoms with Crippen LogP contribution in [0, 0.1) is 0 Å². The number of aliphatic carboxylic acids is 1. The van der Waals surface area contributed by atoms with Crippen LogP contribution in [-0.2, 0) is 20.7 Å². The number of rotatable bonds is 8. The number of phenols is 1. The number of nitrogens with one attached hydrogen (secondary N) is 2. The molecule has 8 heteroatoms. The molecule has 0 aliphatic heterocycles. The van der Waals surface area contributed by atoms with Gasteiger partial charge in [-0.05, 0) is 46.9 Å². The van der Waals surface area contributed by atoms with Gasteiger partial charge >= 0.3 is 12.1 Å². The Labute approximate surface area is 202 Å². The molecule has 0 fully saturated rings. The van der Waals surface area contributed by atoms with Crippen LogP contribution in [0.4, 0.5) is 4.79 Å². The molecule has 180 valence electrons. The number of hydrogen-bond acceptors (Lipinski definition) is 5. The Bertz CT molecular complexity index is 1190. The van der Waals surface area contributed by atoms with Crippen LogP contribution in [0.15, 0.2) is 72.8 Å². The molecular formula is C27H26N2O6. The maximum absolute atomic E-state index is 12.5. The number of fused-ring (bicyclic) bond motifs is 3. The Morgan fingerprint density at radius 3 is 2.03 bits per heavy atom. The van der Waals surface area contributed by atoms with Crippen molar-refractivity contribution in [2.75, 3.05) is 6.61 Å². The van der Waals surface area contributed by atoms with E-state index < -0.39 is 30.1 Å². The van der Waals surface area contributed by atoms with E-state index in [1.54, 1.807) is 12.1 Å². The lowest BCUT2D eigenvalue weighted by Crippen LogP contribution is -2.51. The fourth-order valence-electron chi connectivity index (χ4n) is 4.25. The first-order valence-corrected chi connectivity index (χ1v) is 11.3. The third-order valence-electron chi connectivity index (χ3n) is 6.06. The molecule has 3 aromatic carbocycles. The average Bonchev–Trinajstić information content (AvgIpc) is 3.17. The van der Waals surface area contributed by atoms with Crippen molar-refractivity contribution in [1.29, 1.82) is 0 Å². The van der Waals surface area contributed by atoms with Crippen LogP contribution >= 0.6 is 0 Å². The van der Waals surface area contributed by atoms with Crippen LogP contribution in [0.1, 0.15) is 29.5 Å². The van der Waals surface area contributed by atoms with Crippen LogP contribution < -0.4 is 10.6 Å². The van der Waals surface area contributed by atoms with E-state index in [2.05, 4.69) is 10.6 Å². The van der Waals surface area contributed by atoms with Crippen LogP contribution in [0.3, 0.4) is 0 Å². The zero-order chi connectivity index (χ0) is 24.9. The molecule has 0 unspecified atom stereocenters. The van der Waals surface area contributed by atoms with Gasteiger partial charge in [-0.15, -0.1) is 0 Å². The first-order chi connectivity index (χ1) is 16.8. The van der Waals surface area contributed by atoms with Crippen molar-refractivity contribution in [3.8, 4) is 16.9 Å². The van der Waals surface area contributed by atoms with Gasteiger partial charge in [0.25, 0.3) is 0 Å². The molecule has 35 heavy (non-hydrogen) atoms.